The van der Waals surface area contributed by atoms with E-state index in [1.165, 1.54) is 46.3 Å². The first-order chi connectivity index (χ1) is 67.8. The lowest BCUT2D eigenvalue weighted by Gasteiger charge is -2.35. The number of benzene rings is 8. The molecule has 9 aliphatic heterocycles. The van der Waals surface area contributed by atoms with Crippen LogP contribution in [0.2, 0.25) is 15.1 Å². The number of amides is 8. The number of nitrogens with one attached hydrogen (secondary N) is 13. The Morgan fingerprint density at radius 1 is 0.387 bits per heavy atom. The van der Waals surface area contributed by atoms with Crippen LogP contribution in [-0.2, 0) is 43.1 Å². The molecule has 28 nitrogen and oxygen atoms in total. The number of para-hydroxylation sites is 4. The predicted octanol–water partition coefficient (Wildman–Crippen LogP) is 18.4. The highest BCUT2D eigenvalue weighted by Gasteiger charge is 2.33. The van der Waals surface area contributed by atoms with Crippen molar-refractivity contribution in [3.05, 3.63) is 323 Å². The Kier molecular flexibility index (Phi) is 41.1. The molecule has 8 aromatic carbocycles. The van der Waals surface area contributed by atoms with Crippen LogP contribution >= 0.6 is 34.8 Å². The first-order valence-corrected chi connectivity index (χ1v) is 48.2. The summed E-state index contributed by atoms with van der Waals surface area (Å²) in [5.74, 6) is -0.533. The number of nitrogens with zero attached hydrogens (tertiary/aromatic N) is 5. The average molecular weight is 2000 g/mol. The Hall–Kier alpha value is -14.4. The van der Waals surface area contributed by atoms with E-state index in [9.17, 15) is 47.1 Å². The highest BCUT2D eigenvalue weighted by Crippen LogP contribution is 2.37. The third-order valence-corrected chi connectivity index (χ3v) is 26.2. The summed E-state index contributed by atoms with van der Waals surface area (Å²) in [6, 6.07) is 55.9. The van der Waals surface area contributed by atoms with Gasteiger partial charge in [-0.15, -0.1) is 0 Å². The zero-order chi connectivity index (χ0) is 103. The number of ether oxygens (including phenoxy) is 2. The van der Waals surface area contributed by atoms with E-state index >= 15 is 0 Å². The molecule has 750 valence electrons. The number of anilines is 9. The van der Waals surface area contributed by atoms with Crippen LogP contribution in [0.3, 0.4) is 0 Å². The van der Waals surface area contributed by atoms with Gasteiger partial charge in [-0.1, -0.05) is 172 Å². The molecule has 0 saturated carbocycles. The maximum atomic E-state index is 13.4. The molecular weight excluding hydrogens is 1870 g/mol. The monoisotopic (exact) mass is 1990 g/mol. The van der Waals surface area contributed by atoms with Gasteiger partial charge in [0.2, 0.25) is 47.3 Å². The molecule has 17 rings (SSSR count). The van der Waals surface area contributed by atoms with Crippen molar-refractivity contribution < 1.29 is 56.6 Å². The van der Waals surface area contributed by atoms with Crippen molar-refractivity contribution >= 4 is 133 Å². The Balaban J connectivity index is 0.000000167. The average Bonchev–Trinajstić information content (AvgIpc) is 0.839. The SMILES string of the molecule is C=C1NC(=O)CCC1N(C)c1ccc(C)cc1.C=C1NC(=O)CCC1N(C)c1ccc(Cl)c(Cl)c1.C=C1NC(=O)CCC1N(C)c1ccccc1C.C=C1NC(=O)CCC1Nc1c(F)cccc1F.C=C1NC(=O)CCC1Nc1cccc(C)c1C#N.C=C1NC(=O)CCC1Nc1cccc(Cl)c1OC.C=C1NC(=O)CCC1Nc1cccc(N2CCOCC2)c1.C=C1NC(=O)CCC1Nc1ccccc1C. The number of carbonyl (C=O) groups is 8. The van der Waals surface area contributed by atoms with E-state index in [1.807, 2.05) is 105 Å². The van der Waals surface area contributed by atoms with E-state index in [4.69, 9.17) is 49.5 Å². The topological polar surface area (TPSA) is 348 Å². The van der Waals surface area contributed by atoms with Crippen LogP contribution in [0, 0.1) is 50.7 Å². The van der Waals surface area contributed by atoms with E-state index in [1.54, 1.807) is 19.2 Å². The summed E-state index contributed by atoms with van der Waals surface area (Å²) in [6.07, 6.45) is 9.90. The van der Waals surface area contributed by atoms with Gasteiger partial charge in [-0.2, -0.15) is 5.26 Å². The van der Waals surface area contributed by atoms with Gasteiger partial charge in [-0.25, -0.2) is 8.78 Å². The van der Waals surface area contributed by atoms with Gasteiger partial charge in [0.05, 0.1) is 101 Å². The molecule has 8 amide bonds. The number of hydrogen-bond acceptors (Lipinski definition) is 20. The van der Waals surface area contributed by atoms with Gasteiger partial charge in [0.1, 0.15) is 23.4 Å². The number of aryl methyl sites for hydroxylation is 4. The Bertz CT molecular complexity index is 6000. The molecule has 0 radical (unpaired) electrons. The summed E-state index contributed by atoms with van der Waals surface area (Å²) in [5.41, 5.74) is 18.9. The predicted molar refractivity (Wildman–Crippen MR) is 565 cm³/mol. The Morgan fingerprint density at radius 2 is 0.761 bits per heavy atom. The van der Waals surface area contributed by atoms with Crippen molar-refractivity contribution in [3.63, 3.8) is 0 Å². The third-order valence-electron chi connectivity index (χ3n) is 25.1. The van der Waals surface area contributed by atoms with Crippen LogP contribution < -0.4 is 93.5 Å². The maximum absolute atomic E-state index is 13.4. The van der Waals surface area contributed by atoms with E-state index < -0.39 is 11.6 Å². The standard InChI is InChI=1S/C16H21N3O2.C14H15N3O.2C14H18N2O.C13H14Cl2N2O.C13H15ClN2O2.C13H16N2O.C12H12F2N2O/c1-12-15(5-6-16(20)17-12)18-13-3-2-4-14(11-13)19-7-9-21-10-8-19;1-9-4-3-5-13(11(9)8-15)17-12-6-7-14(18)16-10(12)2;1-10-4-6-12(7-5-10)16(3)13-8-9-14(17)15-11(13)2;1-10-6-4-5-7-12(10)16(3)13-8-9-14(17)15-11(13)2;1-8-12(5-6-13(18)16-8)17(2)9-3-4-10(14)11(15)7-9;1-8-10(6-7-12(17)15-8)16-11-5-3-4-9(14)13(11)18-2;1-9-5-3-4-6-11(9)15-12-7-8-13(16)14-10(12)2;1-7-10(5-6-11(17)15-7)16-12-8(13)3-2-4-9(12)14/h2-4,11,15,18H,1,5-10H2,(H,17,20);3-5,12,17H,2,6-7H2,1H3,(H,16,18);2*4-7,13H,2,8-9H2,1,3H3,(H,15,17);3-4,7,12H,1,5-6H2,2H3,(H,16,18);3-5,10,16H,1,6-7H2,2H3,(H,15,17);3-6,12,15H,2,7-8H2,1H3,(H,14,16);2-4,10,16H,1,5-6H2,(H,15,17). The Labute approximate surface area is 846 Å². The van der Waals surface area contributed by atoms with Crippen LogP contribution in [0.25, 0.3) is 0 Å². The summed E-state index contributed by atoms with van der Waals surface area (Å²) >= 11 is 17.9. The van der Waals surface area contributed by atoms with Gasteiger partial charge in [0.15, 0.2) is 5.75 Å². The molecule has 0 spiro atoms. The van der Waals surface area contributed by atoms with Crippen LogP contribution in [0.15, 0.2) is 268 Å². The molecule has 142 heavy (non-hydrogen) atoms. The molecule has 8 aromatic rings. The zero-order valence-corrected chi connectivity index (χ0v) is 84.1. The van der Waals surface area contributed by atoms with Gasteiger partial charge in [0.25, 0.3) is 0 Å². The quantitative estimate of drug-likeness (QED) is 0.0379. The normalized spacial score (nSPS) is 20.2. The maximum Gasteiger partial charge on any atom is 0.224 e. The zero-order valence-electron chi connectivity index (χ0n) is 81.8. The van der Waals surface area contributed by atoms with Gasteiger partial charge in [-0.05, 0) is 187 Å². The van der Waals surface area contributed by atoms with Crippen LogP contribution in [0.5, 0.6) is 5.75 Å². The number of methoxy groups -OCH3 is 1. The molecule has 0 aromatic heterocycles. The van der Waals surface area contributed by atoms with E-state index in [0.717, 1.165) is 127 Å². The molecule has 9 saturated heterocycles. The molecule has 13 N–H and O–H groups in total. The molecule has 0 bridgehead atoms. The van der Waals surface area contributed by atoms with Crippen LogP contribution in [0.4, 0.5) is 60.0 Å². The molecule has 8 atom stereocenters. The molecule has 33 heteroatoms. The van der Waals surface area contributed by atoms with Crippen LogP contribution in [0.1, 0.15) is 131 Å². The lowest BCUT2D eigenvalue weighted by molar-refractivity contribution is -0.122. The van der Waals surface area contributed by atoms with Crippen LogP contribution in [-0.4, -0.2) is 150 Å². The van der Waals surface area contributed by atoms with Crippen molar-refractivity contribution in [1.29, 1.82) is 5.26 Å². The lowest BCUT2D eigenvalue weighted by atomic mass is 10.0. The number of likely N-dealkylation sites (N-methyl/N-ethyl adjacent to an activating group) is 3. The van der Waals surface area contributed by atoms with Gasteiger partial charge in [-0.3, -0.25) is 38.4 Å². The fourth-order valence-corrected chi connectivity index (χ4v) is 17.5. The number of nitriles is 1. The molecular formula is C109H129Cl3F2N18O10. The van der Waals surface area contributed by atoms with Crippen molar-refractivity contribution in [2.45, 2.75) is 179 Å². The first kappa shape index (κ1) is 110. The summed E-state index contributed by atoms with van der Waals surface area (Å²) in [7, 11) is 7.62. The second-order valence-electron chi connectivity index (χ2n) is 35.5. The highest BCUT2D eigenvalue weighted by molar-refractivity contribution is 6.42. The van der Waals surface area contributed by atoms with Crippen molar-refractivity contribution in [2.75, 3.05) is 101 Å². The van der Waals surface area contributed by atoms with Crippen molar-refractivity contribution in [3.8, 4) is 11.8 Å². The smallest absolute Gasteiger partial charge is 0.224 e. The minimum absolute atomic E-state index is 0.00259. The van der Waals surface area contributed by atoms with Crippen molar-refractivity contribution in [2.24, 2.45) is 0 Å². The van der Waals surface area contributed by atoms with Gasteiger partial charge < -0.3 is 98.2 Å². The minimum Gasteiger partial charge on any atom is -0.493 e. The number of piperidine rings is 8. The molecule has 9 aliphatic rings. The number of carbonyl (C=O) groups excluding carboxylic acids is 8. The summed E-state index contributed by atoms with van der Waals surface area (Å²) in [6.45, 7) is 42.5. The number of halogens is 5. The second-order valence-corrected chi connectivity index (χ2v) is 36.7. The van der Waals surface area contributed by atoms with E-state index in [0.29, 0.717) is 114 Å². The number of hydrogen-bond donors (Lipinski definition) is 13. The Morgan fingerprint density at radius 3 is 1.21 bits per heavy atom. The summed E-state index contributed by atoms with van der Waals surface area (Å²) in [5, 5.41) is 48.9. The minimum atomic E-state index is -0.658. The largest absolute Gasteiger partial charge is 0.493 e. The highest BCUT2D eigenvalue weighted by atomic mass is 35.5. The van der Waals surface area contributed by atoms with E-state index in [-0.39, 0.29) is 101 Å². The van der Waals surface area contributed by atoms with Gasteiger partial charge in [0, 0.05) is 165 Å². The second kappa shape index (κ2) is 53.3. The lowest BCUT2D eigenvalue weighted by Crippen LogP contribution is -2.44. The molecule has 8 unspecified atom stereocenters. The fourth-order valence-electron chi connectivity index (χ4n) is 16.9. The van der Waals surface area contributed by atoms with Crippen molar-refractivity contribution in [1.82, 2.24) is 42.5 Å². The molecule has 0 aliphatic carbocycles. The summed E-state index contributed by atoms with van der Waals surface area (Å²) in [4.78, 5) is 98.4. The first-order valence-electron chi connectivity index (χ1n) is 47.1. The number of rotatable bonds is 18. The van der Waals surface area contributed by atoms with E-state index in [2.05, 4.69) is 231 Å². The molecule has 9 fully saturated rings. The third kappa shape index (κ3) is 32.1. The van der Waals surface area contributed by atoms with Gasteiger partial charge >= 0.3 is 0 Å². The number of morpholine rings is 1. The molecule has 9 heterocycles. The fraction of sp³-hybridized carbons (Fsp3) is 0.330. The summed E-state index contributed by atoms with van der Waals surface area (Å²) < 4.78 is 37.4.